The third kappa shape index (κ3) is 4.59. The van der Waals surface area contributed by atoms with Crippen LogP contribution >= 0.6 is 11.3 Å². The van der Waals surface area contributed by atoms with E-state index in [2.05, 4.69) is 36.4 Å². The van der Waals surface area contributed by atoms with Crippen LogP contribution in [-0.2, 0) is 6.54 Å². The highest BCUT2D eigenvalue weighted by molar-refractivity contribution is 7.07. The van der Waals surface area contributed by atoms with E-state index in [9.17, 15) is 4.79 Å². The fourth-order valence-corrected chi connectivity index (χ4v) is 2.03. The van der Waals surface area contributed by atoms with Crippen LogP contribution in [0.1, 0.15) is 26.5 Å². The van der Waals surface area contributed by atoms with E-state index in [1.54, 1.807) is 0 Å². The van der Waals surface area contributed by atoms with Crippen LogP contribution in [0, 0.1) is 0 Å². The molecule has 3 N–H and O–H groups in total. The van der Waals surface area contributed by atoms with Crippen LogP contribution in [0.5, 0.6) is 0 Å². The summed E-state index contributed by atoms with van der Waals surface area (Å²) in [6.45, 7) is 8.95. The van der Waals surface area contributed by atoms with Gasteiger partial charge in [0.2, 0.25) is 0 Å². The Balaban J connectivity index is 2.30. The molecule has 0 spiro atoms. The van der Waals surface area contributed by atoms with Gasteiger partial charge in [0.15, 0.2) is 0 Å². The summed E-state index contributed by atoms with van der Waals surface area (Å²) in [5, 5.41) is 8.55. The maximum absolute atomic E-state index is 10.9. The average molecular weight is 229 g/mol. The van der Waals surface area contributed by atoms with Gasteiger partial charge in [-0.25, -0.2) is 0 Å². The van der Waals surface area contributed by atoms with Crippen molar-refractivity contribution >= 4 is 11.3 Å². The summed E-state index contributed by atoms with van der Waals surface area (Å²) in [6.07, 6.45) is 0. The lowest BCUT2D eigenvalue weighted by Gasteiger charge is -2.25. The van der Waals surface area contributed by atoms with Gasteiger partial charge >= 0.3 is 4.87 Å². The molecular weight excluding hydrogens is 210 g/mol. The van der Waals surface area contributed by atoms with Gasteiger partial charge in [0.05, 0.1) is 0 Å². The zero-order chi connectivity index (χ0) is 11.3. The van der Waals surface area contributed by atoms with E-state index in [1.807, 2.05) is 5.38 Å². The normalized spacial score (nSPS) is 11.9. The van der Waals surface area contributed by atoms with Gasteiger partial charge < -0.3 is 15.6 Å². The first-order valence-corrected chi connectivity index (χ1v) is 6.04. The SMILES string of the molecule is CCNC(C)(C)CNCc1csc(=O)[nH]1. The number of hydrogen-bond acceptors (Lipinski definition) is 4. The van der Waals surface area contributed by atoms with Crippen LogP contribution in [0.25, 0.3) is 0 Å². The number of H-pyrrole nitrogens is 1. The maximum atomic E-state index is 10.9. The molecule has 0 atom stereocenters. The van der Waals surface area contributed by atoms with Crippen molar-refractivity contribution in [2.75, 3.05) is 13.1 Å². The Hall–Kier alpha value is -0.650. The molecule has 1 rings (SSSR count). The lowest BCUT2D eigenvalue weighted by molar-refractivity contribution is 0.372. The lowest BCUT2D eigenvalue weighted by atomic mass is 10.1. The first-order chi connectivity index (χ1) is 7.03. The summed E-state index contributed by atoms with van der Waals surface area (Å²) in [5.41, 5.74) is 1.04. The third-order valence-corrected chi connectivity index (χ3v) is 2.83. The highest BCUT2D eigenvalue weighted by Crippen LogP contribution is 2.00. The van der Waals surface area contributed by atoms with Crippen LogP contribution < -0.4 is 15.5 Å². The topological polar surface area (TPSA) is 56.9 Å². The summed E-state index contributed by atoms with van der Waals surface area (Å²) >= 11 is 1.21. The van der Waals surface area contributed by atoms with Crippen molar-refractivity contribution in [1.82, 2.24) is 15.6 Å². The summed E-state index contributed by atoms with van der Waals surface area (Å²) in [7, 11) is 0. The molecule has 0 aliphatic rings. The molecule has 0 aliphatic heterocycles. The molecule has 0 radical (unpaired) electrons. The van der Waals surface area contributed by atoms with Crippen LogP contribution in [0.15, 0.2) is 10.2 Å². The Morgan fingerprint density at radius 1 is 1.53 bits per heavy atom. The monoisotopic (exact) mass is 229 g/mol. The van der Waals surface area contributed by atoms with Gasteiger partial charge in [0.1, 0.15) is 0 Å². The van der Waals surface area contributed by atoms with E-state index in [1.165, 1.54) is 11.3 Å². The minimum absolute atomic E-state index is 0.0118. The molecule has 0 unspecified atom stereocenters. The summed E-state index contributed by atoms with van der Waals surface area (Å²) in [4.78, 5) is 13.7. The number of thiazole rings is 1. The highest BCUT2D eigenvalue weighted by Gasteiger charge is 2.14. The summed E-state index contributed by atoms with van der Waals surface area (Å²) in [5.74, 6) is 0. The first kappa shape index (κ1) is 12.4. The molecule has 1 aromatic heterocycles. The van der Waals surface area contributed by atoms with Crippen LogP contribution in [-0.4, -0.2) is 23.6 Å². The van der Waals surface area contributed by atoms with Crippen molar-refractivity contribution in [3.05, 3.63) is 20.7 Å². The Bertz CT molecular complexity index is 342. The zero-order valence-corrected chi connectivity index (χ0v) is 10.3. The minimum Gasteiger partial charge on any atom is -0.315 e. The van der Waals surface area contributed by atoms with E-state index in [0.717, 1.165) is 18.8 Å². The second-order valence-corrected chi connectivity index (χ2v) is 5.03. The van der Waals surface area contributed by atoms with Crippen molar-refractivity contribution in [2.45, 2.75) is 32.9 Å². The van der Waals surface area contributed by atoms with Crippen LogP contribution in [0.3, 0.4) is 0 Å². The Kier molecular flexibility index (Phi) is 4.50. The van der Waals surface area contributed by atoms with E-state index in [-0.39, 0.29) is 10.4 Å². The molecule has 0 bridgehead atoms. The number of nitrogens with one attached hydrogen (secondary N) is 3. The Morgan fingerprint density at radius 3 is 2.80 bits per heavy atom. The molecule has 0 fully saturated rings. The third-order valence-electron chi connectivity index (χ3n) is 2.11. The van der Waals surface area contributed by atoms with Gasteiger partial charge in [-0.15, -0.1) is 0 Å². The number of likely N-dealkylation sites (N-methyl/N-ethyl adjacent to an activating group) is 1. The summed E-state index contributed by atoms with van der Waals surface area (Å²) < 4.78 is 0. The van der Waals surface area contributed by atoms with Crippen LogP contribution in [0.2, 0.25) is 0 Å². The quantitative estimate of drug-likeness (QED) is 0.680. The molecule has 0 amide bonds. The molecule has 4 nitrogen and oxygen atoms in total. The molecule has 0 saturated carbocycles. The molecule has 0 aliphatic carbocycles. The largest absolute Gasteiger partial charge is 0.315 e. The van der Waals surface area contributed by atoms with Crippen molar-refractivity contribution in [3.63, 3.8) is 0 Å². The zero-order valence-electron chi connectivity index (χ0n) is 9.52. The Morgan fingerprint density at radius 2 is 2.27 bits per heavy atom. The molecule has 1 aromatic rings. The van der Waals surface area contributed by atoms with Gasteiger partial charge in [-0.2, -0.15) is 0 Å². The second kappa shape index (κ2) is 5.44. The van der Waals surface area contributed by atoms with Crippen molar-refractivity contribution in [2.24, 2.45) is 0 Å². The minimum atomic E-state index is 0.0118. The second-order valence-electron chi connectivity index (χ2n) is 4.19. The van der Waals surface area contributed by atoms with E-state index in [0.29, 0.717) is 6.54 Å². The molecule has 5 heteroatoms. The van der Waals surface area contributed by atoms with Crippen LogP contribution in [0.4, 0.5) is 0 Å². The van der Waals surface area contributed by atoms with Crippen molar-refractivity contribution in [3.8, 4) is 0 Å². The smallest absolute Gasteiger partial charge is 0.304 e. The molecule has 86 valence electrons. The highest BCUT2D eigenvalue weighted by atomic mass is 32.1. The van der Waals surface area contributed by atoms with Gasteiger partial charge in [0, 0.05) is 29.7 Å². The van der Waals surface area contributed by atoms with E-state index < -0.39 is 0 Å². The van der Waals surface area contributed by atoms with Gasteiger partial charge in [-0.3, -0.25) is 4.79 Å². The summed E-state index contributed by atoms with van der Waals surface area (Å²) in [6, 6.07) is 0. The number of rotatable bonds is 6. The predicted molar refractivity (Wildman–Crippen MR) is 64.4 cm³/mol. The van der Waals surface area contributed by atoms with Gasteiger partial charge in [-0.1, -0.05) is 18.3 Å². The van der Waals surface area contributed by atoms with E-state index >= 15 is 0 Å². The molecule has 1 heterocycles. The number of aromatic amines is 1. The van der Waals surface area contributed by atoms with E-state index in [4.69, 9.17) is 0 Å². The number of hydrogen-bond donors (Lipinski definition) is 3. The average Bonchev–Trinajstić information content (AvgIpc) is 2.51. The molecule has 0 saturated heterocycles. The Labute approximate surface area is 94.1 Å². The van der Waals surface area contributed by atoms with Gasteiger partial charge in [0.25, 0.3) is 0 Å². The maximum Gasteiger partial charge on any atom is 0.304 e. The first-order valence-electron chi connectivity index (χ1n) is 5.16. The predicted octanol–water partition coefficient (Wildman–Crippen LogP) is 0.914. The van der Waals surface area contributed by atoms with Crippen molar-refractivity contribution in [1.29, 1.82) is 0 Å². The number of aromatic nitrogens is 1. The van der Waals surface area contributed by atoms with Crippen molar-refractivity contribution < 1.29 is 0 Å². The molecule has 15 heavy (non-hydrogen) atoms. The van der Waals surface area contributed by atoms with Gasteiger partial charge in [-0.05, 0) is 20.4 Å². The fourth-order valence-electron chi connectivity index (χ4n) is 1.45. The molecular formula is C10H19N3OS. The molecule has 0 aromatic carbocycles. The standard InChI is InChI=1S/C10H19N3OS/c1-4-12-10(2,3)7-11-5-8-6-15-9(14)13-8/h6,11-12H,4-5,7H2,1-3H3,(H,13,14). The fraction of sp³-hybridized carbons (Fsp3) is 0.700. The lowest BCUT2D eigenvalue weighted by Crippen LogP contribution is -2.47.